The third-order valence-corrected chi connectivity index (χ3v) is 6.33. The molecule has 2 heterocycles. The second-order valence-corrected chi connectivity index (χ2v) is 8.89. The SMILES string of the molecule is CN(C)[C@@H](CNS(=O)(=O)c1cnc2c(c1)c(=O)[nH]c(=O)n2C)c1ccccc1Cl. The molecule has 1 atom stereocenters. The van der Waals surface area contributed by atoms with Crippen molar-refractivity contribution in [3.05, 3.63) is 68.0 Å². The molecule has 0 aliphatic heterocycles. The molecule has 0 saturated heterocycles. The van der Waals surface area contributed by atoms with Crippen LogP contribution >= 0.6 is 11.6 Å². The zero-order chi connectivity index (χ0) is 21.3. The van der Waals surface area contributed by atoms with Gasteiger partial charge in [-0.1, -0.05) is 29.8 Å². The summed E-state index contributed by atoms with van der Waals surface area (Å²) in [5.41, 5.74) is -0.447. The first kappa shape index (κ1) is 21.2. The third-order valence-electron chi connectivity index (χ3n) is 4.59. The number of hydrogen-bond acceptors (Lipinski definition) is 6. The minimum absolute atomic E-state index is 0.00485. The second kappa shape index (κ2) is 8.07. The molecular weight excluding hydrogens is 418 g/mol. The van der Waals surface area contributed by atoms with Gasteiger partial charge in [-0.05, 0) is 31.8 Å². The predicted molar refractivity (Wildman–Crippen MR) is 111 cm³/mol. The lowest BCUT2D eigenvalue weighted by Gasteiger charge is -2.26. The molecule has 0 spiro atoms. The number of nitrogens with one attached hydrogen (secondary N) is 2. The Morgan fingerprint density at radius 2 is 1.97 bits per heavy atom. The normalized spacial score (nSPS) is 13.1. The van der Waals surface area contributed by atoms with E-state index in [1.165, 1.54) is 13.1 Å². The molecule has 9 nitrogen and oxygen atoms in total. The highest BCUT2D eigenvalue weighted by Gasteiger charge is 2.22. The number of aromatic amines is 1. The molecule has 0 aliphatic rings. The smallest absolute Gasteiger partial charge is 0.301 e. The van der Waals surface area contributed by atoms with Gasteiger partial charge < -0.3 is 4.90 Å². The molecule has 3 aromatic rings. The number of fused-ring (bicyclic) bond motifs is 1. The molecule has 2 aromatic heterocycles. The van der Waals surface area contributed by atoms with Gasteiger partial charge in [0.15, 0.2) is 0 Å². The number of benzene rings is 1. The molecule has 0 radical (unpaired) electrons. The number of sulfonamides is 1. The van der Waals surface area contributed by atoms with Crippen molar-refractivity contribution < 1.29 is 8.42 Å². The highest BCUT2D eigenvalue weighted by atomic mass is 35.5. The Kier molecular flexibility index (Phi) is 5.90. The van der Waals surface area contributed by atoms with Crippen molar-refractivity contribution in [3.63, 3.8) is 0 Å². The molecule has 3 rings (SSSR count). The van der Waals surface area contributed by atoms with Gasteiger partial charge in [-0.25, -0.2) is 22.9 Å². The number of rotatable bonds is 6. The van der Waals surface area contributed by atoms with Crippen LogP contribution in [0.1, 0.15) is 11.6 Å². The number of halogens is 1. The summed E-state index contributed by atoms with van der Waals surface area (Å²) in [6, 6.07) is 8.09. The summed E-state index contributed by atoms with van der Waals surface area (Å²) in [4.78, 5) is 31.5. The molecule has 0 fully saturated rings. The van der Waals surface area contributed by atoms with E-state index < -0.39 is 21.3 Å². The van der Waals surface area contributed by atoms with E-state index in [1.54, 1.807) is 12.1 Å². The van der Waals surface area contributed by atoms with E-state index >= 15 is 0 Å². The fourth-order valence-corrected chi connectivity index (χ4v) is 4.22. The first-order chi connectivity index (χ1) is 13.6. The lowest BCUT2D eigenvalue weighted by atomic mass is 10.1. The Labute approximate surface area is 172 Å². The van der Waals surface area contributed by atoms with Crippen LogP contribution in [0.4, 0.5) is 0 Å². The standard InChI is InChI=1S/C18H20ClN5O4S/c1-23(2)15(12-6-4-5-7-14(12)19)10-21-29(27,28)11-8-13-16(20-9-11)24(3)18(26)22-17(13)25/h4-9,15,21H,10H2,1-3H3,(H,22,25,26)/t15-/m0/s1. The van der Waals surface area contributed by atoms with Crippen LogP contribution in [0.5, 0.6) is 0 Å². The Hall–Kier alpha value is -2.53. The van der Waals surface area contributed by atoms with E-state index in [4.69, 9.17) is 11.6 Å². The highest BCUT2D eigenvalue weighted by molar-refractivity contribution is 7.89. The zero-order valence-corrected chi connectivity index (χ0v) is 17.6. The number of likely N-dealkylation sites (N-methyl/N-ethyl adjacent to an activating group) is 1. The van der Waals surface area contributed by atoms with Gasteiger partial charge in [0.25, 0.3) is 5.56 Å². The first-order valence-corrected chi connectivity index (χ1v) is 10.5. The van der Waals surface area contributed by atoms with Crippen LogP contribution in [0.25, 0.3) is 11.0 Å². The van der Waals surface area contributed by atoms with Gasteiger partial charge in [-0.15, -0.1) is 0 Å². The minimum atomic E-state index is -3.96. The third kappa shape index (κ3) is 4.25. The molecule has 0 bridgehead atoms. The maximum atomic E-state index is 12.8. The minimum Gasteiger partial charge on any atom is -0.301 e. The van der Waals surface area contributed by atoms with Crippen LogP contribution in [0.3, 0.4) is 0 Å². The summed E-state index contributed by atoms with van der Waals surface area (Å²) in [5.74, 6) is 0. The van der Waals surface area contributed by atoms with Crippen molar-refractivity contribution in [1.29, 1.82) is 0 Å². The van der Waals surface area contributed by atoms with Gasteiger partial charge in [-0.2, -0.15) is 0 Å². The monoisotopic (exact) mass is 437 g/mol. The van der Waals surface area contributed by atoms with Crippen molar-refractivity contribution in [2.45, 2.75) is 10.9 Å². The molecule has 11 heteroatoms. The quantitative estimate of drug-likeness (QED) is 0.590. The van der Waals surface area contributed by atoms with Crippen LogP contribution in [-0.4, -0.2) is 48.5 Å². The average molecular weight is 438 g/mol. The van der Waals surface area contributed by atoms with Gasteiger partial charge in [0.05, 0.1) is 5.39 Å². The molecule has 0 saturated carbocycles. The van der Waals surface area contributed by atoms with Crippen molar-refractivity contribution in [2.75, 3.05) is 20.6 Å². The van der Waals surface area contributed by atoms with E-state index in [2.05, 4.69) is 14.7 Å². The molecule has 0 amide bonds. The first-order valence-electron chi connectivity index (χ1n) is 8.61. The molecule has 154 valence electrons. The summed E-state index contributed by atoms with van der Waals surface area (Å²) < 4.78 is 29.3. The Bertz CT molecular complexity index is 1280. The summed E-state index contributed by atoms with van der Waals surface area (Å²) in [7, 11) is 1.11. The lowest BCUT2D eigenvalue weighted by molar-refractivity contribution is 0.299. The predicted octanol–water partition coefficient (Wildman–Crippen LogP) is 0.856. The van der Waals surface area contributed by atoms with E-state index in [0.717, 1.165) is 16.3 Å². The summed E-state index contributed by atoms with van der Waals surface area (Å²) in [5, 5.41) is 0.537. The van der Waals surface area contributed by atoms with Gasteiger partial charge in [0, 0.05) is 30.9 Å². The maximum Gasteiger partial charge on any atom is 0.329 e. The summed E-state index contributed by atoms with van der Waals surface area (Å²) >= 11 is 6.26. The molecule has 0 aliphatic carbocycles. The molecule has 0 unspecified atom stereocenters. The zero-order valence-electron chi connectivity index (χ0n) is 16.0. The summed E-state index contributed by atoms with van der Waals surface area (Å²) in [6.45, 7) is 0.0563. The van der Waals surface area contributed by atoms with Crippen LogP contribution in [0.2, 0.25) is 5.02 Å². The van der Waals surface area contributed by atoms with Crippen molar-refractivity contribution in [2.24, 2.45) is 7.05 Å². The van der Waals surface area contributed by atoms with Crippen LogP contribution in [0.15, 0.2) is 51.0 Å². The summed E-state index contributed by atoms with van der Waals surface area (Å²) in [6.07, 6.45) is 1.11. The lowest BCUT2D eigenvalue weighted by Crippen LogP contribution is -2.35. The average Bonchev–Trinajstić information content (AvgIpc) is 2.67. The van der Waals surface area contributed by atoms with E-state index in [1.807, 2.05) is 31.1 Å². The fourth-order valence-electron chi connectivity index (χ4n) is 2.95. The Balaban J connectivity index is 1.94. The number of hydrogen-bond donors (Lipinski definition) is 2. The number of aromatic nitrogens is 3. The van der Waals surface area contributed by atoms with E-state index in [-0.39, 0.29) is 28.5 Å². The Morgan fingerprint density at radius 1 is 1.28 bits per heavy atom. The number of pyridine rings is 1. The maximum absolute atomic E-state index is 12.8. The number of H-pyrrole nitrogens is 1. The van der Waals surface area contributed by atoms with Gasteiger partial charge >= 0.3 is 5.69 Å². The van der Waals surface area contributed by atoms with E-state index in [0.29, 0.717) is 5.02 Å². The molecule has 1 aromatic carbocycles. The molecule has 2 N–H and O–H groups in total. The molecule has 29 heavy (non-hydrogen) atoms. The van der Waals surface area contributed by atoms with Crippen molar-refractivity contribution >= 4 is 32.7 Å². The van der Waals surface area contributed by atoms with Gasteiger partial charge in [0.1, 0.15) is 10.5 Å². The number of aryl methyl sites for hydroxylation is 1. The number of nitrogens with zero attached hydrogens (tertiary/aromatic N) is 3. The van der Waals surface area contributed by atoms with Crippen molar-refractivity contribution in [3.8, 4) is 0 Å². The van der Waals surface area contributed by atoms with Crippen LogP contribution < -0.4 is 16.0 Å². The van der Waals surface area contributed by atoms with Crippen LogP contribution in [0, 0.1) is 0 Å². The molecular formula is C18H20ClN5O4S. The van der Waals surface area contributed by atoms with Crippen LogP contribution in [-0.2, 0) is 17.1 Å². The Morgan fingerprint density at radius 3 is 2.62 bits per heavy atom. The van der Waals surface area contributed by atoms with Crippen molar-refractivity contribution in [1.82, 2.24) is 24.2 Å². The largest absolute Gasteiger partial charge is 0.329 e. The highest BCUT2D eigenvalue weighted by Crippen LogP contribution is 2.26. The topological polar surface area (TPSA) is 117 Å². The van der Waals surface area contributed by atoms with Gasteiger partial charge in [-0.3, -0.25) is 14.3 Å². The van der Waals surface area contributed by atoms with Gasteiger partial charge in [0.2, 0.25) is 10.0 Å². The fraction of sp³-hybridized carbons (Fsp3) is 0.278. The van der Waals surface area contributed by atoms with E-state index in [9.17, 15) is 18.0 Å². The second-order valence-electron chi connectivity index (χ2n) is 6.71.